The third-order valence-corrected chi connectivity index (χ3v) is 4.40. The third-order valence-electron chi connectivity index (χ3n) is 4.40. The Kier molecular flexibility index (Phi) is 7.34. The van der Waals surface area contributed by atoms with E-state index in [1.54, 1.807) is 0 Å². The van der Waals surface area contributed by atoms with E-state index in [1.807, 2.05) is 30.3 Å². The van der Waals surface area contributed by atoms with Crippen molar-refractivity contribution in [2.24, 2.45) is 0 Å². The molecule has 0 aromatic heterocycles. The zero-order valence-corrected chi connectivity index (χ0v) is 15.4. The van der Waals surface area contributed by atoms with Gasteiger partial charge in [-0.05, 0) is 18.4 Å². The highest BCUT2D eigenvalue weighted by Crippen LogP contribution is 2.29. The topological polar surface area (TPSA) is 114 Å². The highest BCUT2D eigenvalue weighted by molar-refractivity contribution is 5.96. The van der Waals surface area contributed by atoms with Gasteiger partial charge in [0, 0.05) is 13.5 Å². The molecule has 0 spiro atoms. The molecule has 4 amide bonds. The van der Waals surface area contributed by atoms with E-state index in [0.29, 0.717) is 12.8 Å². The lowest BCUT2D eigenvalue weighted by Crippen LogP contribution is -2.56. The first-order valence-electron chi connectivity index (χ1n) is 8.99. The summed E-state index contributed by atoms with van der Waals surface area (Å²) in [6.45, 7) is 1.03. The van der Waals surface area contributed by atoms with E-state index in [4.69, 9.17) is 4.74 Å². The molecule has 1 aromatic carbocycles. The quantitative estimate of drug-likeness (QED) is 0.650. The van der Waals surface area contributed by atoms with Gasteiger partial charge in [0.05, 0.1) is 0 Å². The van der Waals surface area contributed by atoms with Gasteiger partial charge in [-0.2, -0.15) is 0 Å². The summed E-state index contributed by atoms with van der Waals surface area (Å²) in [7, 11) is 0. The van der Waals surface area contributed by atoms with Crippen LogP contribution in [0.4, 0.5) is 4.79 Å². The smallest absolute Gasteiger partial charge is 0.332 e. The van der Waals surface area contributed by atoms with Crippen LogP contribution in [0.25, 0.3) is 0 Å². The van der Waals surface area contributed by atoms with Crippen LogP contribution in [-0.2, 0) is 25.7 Å². The summed E-state index contributed by atoms with van der Waals surface area (Å²) in [5, 5.41) is 7.33. The van der Waals surface area contributed by atoms with Crippen LogP contribution in [0.15, 0.2) is 30.3 Å². The summed E-state index contributed by atoms with van der Waals surface area (Å²) in [4.78, 5) is 47.5. The van der Waals surface area contributed by atoms with E-state index in [-0.39, 0.29) is 12.5 Å². The number of amides is 4. The molecule has 0 saturated heterocycles. The van der Waals surface area contributed by atoms with Crippen LogP contribution in [0.1, 0.15) is 44.6 Å². The molecule has 0 bridgehead atoms. The van der Waals surface area contributed by atoms with Crippen molar-refractivity contribution in [1.82, 2.24) is 16.0 Å². The second kappa shape index (κ2) is 9.70. The fourth-order valence-electron chi connectivity index (χ4n) is 3.13. The van der Waals surface area contributed by atoms with Crippen LogP contribution in [0, 0.1) is 0 Å². The number of nitrogens with one attached hydrogen (secondary N) is 3. The van der Waals surface area contributed by atoms with Crippen molar-refractivity contribution in [2.45, 2.75) is 51.1 Å². The average Bonchev–Trinajstić information content (AvgIpc) is 2.65. The molecule has 0 unspecified atom stereocenters. The molecular weight excluding hydrogens is 350 g/mol. The molecule has 1 fully saturated rings. The van der Waals surface area contributed by atoms with Gasteiger partial charge in [0.2, 0.25) is 5.91 Å². The van der Waals surface area contributed by atoms with Gasteiger partial charge in [-0.3, -0.25) is 14.9 Å². The number of benzene rings is 1. The fraction of sp³-hybridized carbons (Fsp3) is 0.474. The van der Waals surface area contributed by atoms with Gasteiger partial charge in [0.25, 0.3) is 5.91 Å². The van der Waals surface area contributed by atoms with Crippen LogP contribution in [0.3, 0.4) is 0 Å². The summed E-state index contributed by atoms with van der Waals surface area (Å²) in [6, 6.07) is 8.56. The van der Waals surface area contributed by atoms with Crippen LogP contribution in [0.5, 0.6) is 0 Å². The minimum absolute atomic E-state index is 0.269. The van der Waals surface area contributed by atoms with Crippen molar-refractivity contribution >= 4 is 23.8 Å². The number of rotatable bonds is 6. The molecule has 1 aromatic rings. The largest absolute Gasteiger partial charge is 0.454 e. The maximum atomic E-state index is 12.4. The minimum Gasteiger partial charge on any atom is -0.454 e. The number of carbonyl (C=O) groups is 4. The first-order chi connectivity index (χ1) is 12.9. The highest BCUT2D eigenvalue weighted by atomic mass is 16.5. The SMILES string of the molecule is CC(=O)NC1(C(=O)OCC(=O)NC(=O)NCc2ccccc2)CCCCC1. The monoisotopic (exact) mass is 375 g/mol. The molecule has 1 saturated carbocycles. The molecule has 1 aliphatic rings. The first kappa shape index (κ1) is 20.4. The van der Waals surface area contributed by atoms with E-state index >= 15 is 0 Å². The first-order valence-corrected chi connectivity index (χ1v) is 8.99. The summed E-state index contributed by atoms with van der Waals surface area (Å²) >= 11 is 0. The molecule has 8 nitrogen and oxygen atoms in total. The number of imide groups is 1. The van der Waals surface area contributed by atoms with Crippen LogP contribution in [-0.4, -0.2) is 36.0 Å². The number of hydrogen-bond acceptors (Lipinski definition) is 5. The number of esters is 1. The van der Waals surface area contributed by atoms with Gasteiger partial charge >= 0.3 is 12.0 Å². The number of hydrogen-bond donors (Lipinski definition) is 3. The Morgan fingerprint density at radius 3 is 2.33 bits per heavy atom. The van der Waals surface area contributed by atoms with Gasteiger partial charge in [0.1, 0.15) is 5.54 Å². The number of ether oxygens (including phenoxy) is 1. The Bertz CT molecular complexity index is 684. The van der Waals surface area contributed by atoms with E-state index in [1.165, 1.54) is 6.92 Å². The zero-order valence-electron chi connectivity index (χ0n) is 15.4. The molecule has 2 rings (SSSR count). The van der Waals surface area contributed by atoms with Crippen LogP contribution >= 0.6 is 0 Å². The molecule has 0 radical (unpaired) electrons. The third kappa shape index (κ3) is 6.40. The zero-order chi connectivity index (χ0) is 19.7. The minimum atomic E-state index is -1.08. The fourth-order valence-corrected chi connectivity index (χ4v) is 3.13. The molecule has 27 heavy (non-hydrogen) atoms. The number of urea groups is 1. The molecule has 8 heteroatoms. The van der Waals surface area contributed by atoms with E-state index in [9.17, 15) is 19.2 Å². The second-order valence-electron chi connectivity index (χ2n) is 6.62. The Balaban J connectivity index is 1.78. The predicted molar refractivity (Wildman–Crippen MR) is 97.4 cm³/mol. The Morgan fingerprint density at radius 1 is 1.04 bits per heavy atom. The van der Waals surface area contributed by atoms with Crippen molar-refractivity contribution in [3.63, 3.8) is 0 Å². The summed E-state index contributed by atoms with van der Waals surface area (Å²) in [6.07, 6.45) is 3.53. The van der Waals surface area contributed by atoms with Crippen molar-refractivity contribution < 1.29 is 23.9 Å². The van der Waals surface area contributed by atoms with Crippen LogP contribution < -0.4 is 16.0 Å². The Morgan fingerprint density at radius 2 is 1.70 bits per heavy atom. The predicted octanol–water partition coefficient (Wildman–Crippen LogP) is 1.39. The van der Waals surface area contributed by atoms with E-state index in [0.717, 1.165) is 24.8 Å². The number of carbonyl (C=O) groups excluding carboxylic acids is 4. The summed E-state index contributed by atoms with van der Waals surface area (Å²) in [5.74, 6) is -1.70. The van der Waals surface area contributed by atoms with E-state index in [2.05, 4.69) is 16.0 Å². The maximum absolute atomic E-state index is 12.4. The molecular formula is C19H25N3O5. The average molecular weight is 375 g/mol. The van der Waals surface area contributed by atoms with Gasteiger partial charge in [-0.1, -0.05) is 49.6 Å². The van der Waals surface area contributed by atoms with Crippen LogP contribution in [0.2, 0.25) is 0 Å². The van der Waals surface area contributed by atoms with Gasteiger partial charge in [0.15, 0.2) is 6.61 Å². The standard InChI is InChI=1S/C19H25N3O5/c1-14(23)22-19(10-6-3-7-11-19)17(25)27-13-16(24)21-18(26)20-12-15-8-4-2-5-9-15/h2,4-5,8-9H,3,6-7,10-13H2,1H3,(H,22,23)(H2,20,21,24,26). The van der Waals surface area contributed by atoms with Crippen molar-refractivity contribution in [3.8, 4) is 0 Å². The van der Waals surface area contributed by atoms with Gasteiger partial charge in [-0.25, -0.2) is 9.59 Å². The van der Waals surface area contributed by atoms with Crippen molar-refractivity contribution in [3.05, 3.63) is 35.9 Å². The molecule has 1 aliphatic carbocycles. The van der Waals surface area contributed by atoms with Crippen molar-refractivity contribution in [2.75, 3.05) is 6.61 Å². The normalized spacial score (nSPS) is 15.3. The lowest BCUT2D eigenvalue weighted by molar-refractivity contribution is -0.158. The molecule has 146 valence electrons. The highest BCUT2D eigenvalue weighted by Gasteiger charge is 2.42. The second-order valence-corrected chi connectivity index (χ2v) is 6.62. The Labute approximate surface area is 158 Å². The molecule has 0 heterocycles. The molecule has 3 N–H and O–H groups in total. The summed E-state index contributed by atoms with van der Waals surface area (Å²) in [5.41, 5.74) is -0.194. The lowest BCUT2D eigenvalue weighted by atomic mass is 9.81. The molecule has 0 atom stereocenters. The summed E-state index contributed by atoms with van der Waals surface area (Å²) < 4.78 is 5.07. The van der Waals surface area contributed by atoms with Gasteiger partial charge < -0.3 is 15.4 Å². The van der Waals surface area contributed by atoms with Gasteiger partial charge in [-0.15, -0.1) is 0 Å². The molecule has 0 aliphatic heterocycles. The maximum Gasteiger partial charge on any atom is 0.332 e. The Hall–Kier alpha value is -2.90. The lowest BCUT2D eigenvalue weighted by Gasteiger charge is -2.35. The van der Waals surface area contributed by atoms with E-state index < -0.39 is 30.1 Å². The van der Waals surface area contributed by atoms with Crippen molar-refractivity contribution in [1.29, 1.82) is 0 Å².